The second-order valence-electron chi connectivity index (χ2n) is 5.45. The first-order valence-corrected chi connectivity index (χ1v) is 7.32. The summed E-state index contributed by atoms with van der Waals surface area (Å²) in [6, 6.07) is 18.2. The minimum atomic E-state index is -0.859. The fourth-order valence-corrected chi connectivity index (χ4v) is 2.87. The molecule has 1 aromatic heterocycles. The average Bonchev–Trinajstić information content (AvgIpc) is 2.55. The molecule has 106 valence electrons. The Balaban J connectivity index is 2.09. The maximum absolute atomic E-state index is 11.2. The van der Waals surface area contributed by atoms with Crippen molar-refractivity contribution in [1.82, 2.24) is 4.98 Å². The van der Waals surface area contributed by atoms with Gasteiger partial charge in [0, 0.05) is 24.2 Å². The molecule has 3 aromatic rings. The Morgan fingerprint density at radius 1 is 1.00 bits per heavy atom. The van der Waals surface area contributed by atoms with E-state index in [1.54, 1.807) is 6.20 Å². The predicted molar refractivity (Wildman–Crippen MR) is 86.1 cm³/mol. The Labute approximate surface area is 125 Å². The van der Waals surface area contributed by atoms with Crippen molar-refractivity contribution in [3.8, 4) is 0 Å². The zero-order chi connectivity index (χ0) is 14.7. The number of hydrogen-bond acceptors (Lipinski definition) is 2. The highest BCUT2D eigenvalue weighted by Crippen LogP contribution is 2.34. The van der Waals surface area contributed by atoms with Gasteiger partial charge in [-0.25, -0.2) is 0 Å². The molecule has 0 fully saturated rings. The van der Waals surface area contributed by atoms with E-state index in [4.69, 9.17) is 0 Å². The van der Waals surface area contributed by atoms with Gasteiger partial charge in [-0.05, 0) is 29.0 Å². The first-order valence-electron chi connectivity index (χ1n) is 7.32. The Morgan fingerprint density at radius 3 is 2.57 bits per heavy atom. The summed E-state index contributed by atoms with van der Waals surface area (Å²) >= 11 is 0. The minimum absolute atomic E-state index is 0.617. The molecule has 0 aliphatic carbocycles. The molecular weight excluding hydrogens is 258 g/mol. The first-order chi connectivity index (χ1) is 10.2. The van der Waals surface area contributed by atoms with Crippen LogP contribution >= 0.6 is 0 Å². The summed E-state index contributed by atoms with van der Waals surface area (Å²) in [5.41, 5.74) is 1.27. The topological polar surface area (TPSA) is 33.1 Å². The van der Waals surface area contributed by atoms with Crippen LogP contribution < -0.4 is 0 Å². The van der Waals surface area contributed by atoms with Crippen LogP contribution in [0.2, 0.25) is 0 Å². The van der Waals surface area contributed by atoms with Gasteiger partial charge in [-0.3, -0.25) is 4.98 Å². The van der Waals surface area contributed by atoms with Gasteiger partial charge in [-0.1, -0.05) is 55.5 Å². The maximum atomic E-state index is 11.2. The molecule has 0 amide bonds. The number of hydrogen-bond donors (Lipinski definition) is 1. The Bertz CT molecular complexity index is 733. The van der Waals surface area contributed by atoms with Gasteiger partial charge in [0.15, 0.2) is 0 Å². The van der Waals surface area contributed by atoms with Gasteiger partial charge in [0.2, 0.25) is 0 Å². The van der Waals surface area contributed by atoms with Gasteiger partial charge in [-0.15, -0.1) is 0 Å². The number of aromatic nitrogens is 1. The van der Waals surface area contributed by atoms with Crippen molar-refractivity contribution < 1.29 is 5.11 Å². The number of nitrogens with zero attached hydrogens (tertiary/aromatic N) is 1. The van der Waals surface area contributed by atoms with Crippen LogP contribution in [0, 0.1) is 0 Å². The summed E-state index contributed by atoms with van der Waals surface area (Å²) in [6.07, 6.45) is 4.91. The van der Waals surface area contributed by atoms with Crippen molar-refractivity contribution in [1.29, 1.82) is 0 Å². The van der Waals surface area contributed by atoms with Crippen LogP contribution in [-0.2, 0) is 12.0 Å². The summed E-state index contributed by atoms with van der Waals surface area (Å²) < 4.78 is 0. The Hall–Kier alpha value is -2.19. The third-order valence-electron chi connectivity index (χ3n) is 4.11. The van der Waals surface area contributed by atoms with Gasteiger partial charge in [0.05, 0.1) is 5.60 Å². The van der Waals surface area contributed by atoms with Crippen LogP contribution in [-0.4, -0.2) is 10.1 Å². The van der Waals surface area contributed by atoms with Gasteiger partial charge < -0.3 is 5.11 Å². The lowest BCUT2D eigenvalue weighted by molar-refractivity contribution is 0.0342. The highest BCUT2D eigenvalue weighted by molar-refractivity contribution is 5.85. The normalized spacial score (nSPS) is 14.0. The van der Waals surface area contributed by atoms with E-state index in [0.717, 1.165) is 21.9 Å². The summed E-state index contributed by atoms with van der Waals surface area (Å²) in [5.74, 6) is 0. The Morgan fingerprint density at radius 2 is 1.81 bits per heavy atom. The van der Waals surface area contributed by atoms with Crippen LogP contribution in [0.4, 0.5) is 0 Å². The van der Waals surface area contributed by atoms with Crippen molar-refractivity contribution in [2.24, 2.45) is 0 Å². The maximum Gasteiger partial charge on any atom is 0.0940 e. The molecule has 0 spiro atoms. The highest BCUT2D eigenvalue weighted by atomic mass is 16.3. The van der Waals surface area contributed by atoms with E-state index in [1.165, 1.54) is 0 Å². The molecule has 1 atom stereocenters. The molecule has 2 aromatic carbocycles. The zero-order valence-corrected chi connectivity index (χ0v) is 12.2. The smallest absolute Gasteiger partial charge is 0.0940 e. The third-order valence-corrected chi connectivity index (χ3v) is 4.11. The van der Waals surface area contributed by atoms with E-state index in [1.807, 2.05) is 55.6 Å². The van der Waals surface area contributed by atoms with Gasteiger partial charge in [-0.2, -0.15) is 0 Å². The van der Waals surface area contributed by atoms with E-state index >= 15 is 0 Å². The monoisotopic (exact) mass is 277 g/mol. The summed E-state index contributed by atoms with van der Waals surface area (Å²) in [4.78, 5) is 4.16. The summed E-state index contributed by atoms with van der Waals surface area (Å²) in [6.45, 7) is 2.03. The van der Waals surface area contributed by atoms with E-state index in [-0.39, 0.29) is 0 Å². The minimum Gasteiger partial charge on any atom is -0.385 e. The quantitative estimate of drug-likeness (QED) is 0.779. The Kier molecular flexibility index (Phi) is 3.72. The summed E-state index contributed by atoms with van der Waals surface area (Å²) in [5, 5.41) is 13.4. The predicted octanol–water partition coefficient (Wildman–Crippen LogP) is 4.08. The van der Waals surface area contributed by atoms with Crippen molar-refractivity contribution in [3.05, 3.63) is 78.1 Å². The lowest BCUT2D eigenvalue weighted by Gasteiger charge is -2.29. The molecule has 1 heterocycles. The molecule has 2 heteroatoms. The SMILES string of the molecule is CCC(O)(Cc1ccccc1)c1cccc2cnccc12. The fourth-order valence-electron chi connectivity index (χ4n) is 2.87. The molecule has 0 bridgehead atoms. The molecule has 0 saturated carbocycles. The molecule has 0 aliphatic rings. The third kappa shape index (κ3) is 2.67. The number of aliphatic hydroxyl groups is 1. The average molecular weight is 277 g/mol. The van der Waals surface area contributed by atoms with Crippen LogP contribution in [0.1, 0.15) is 24.5 Å². The molecule has 0 aliphatic heterocycles. The van der Waals surface area contributed by atoms with Crippen molar-refractivity contribution in [3.63, 3.8) is 0 Å². The van der Waals surface area contributed by atoms with E-state index in [9.17, 15) is 5.11 Å². The first kappa shape index (κ1) is 13.8. The second-order valence-corrected chi connectivity index (χ2v) is 5.45. The molecule has 1 unspecified atom stereocenters. The summed E-state index contributed by atoms with van der Waals surface area (Å²) in [7, 11) is 0. The zero-order valence-electron chi connectivity index (χ0n) is 12.2. The number of benzene rings is 2. The van der Waals surface area contributed by atoms with E-state index in [0.29, 0.717) is 12.8 Å². The second kappa shape index (κ2) is 5.66. The molecular formula is C19H19NO. The van der Waals surface area contributed by atoms with E-state index in [2.05, 4.69) is 17.1 Å². The lowest BCUT2D eigenvalue weighted by atomic mass is 9.83. The number of rotatable bonds is 4. The molecule has 3 rings (SSSR count). The highest BCUT2D eigenvalue weighted by Gasteiger charge is 2.29. The standard InChI is InChI=1S/C19H19NO/c1-2-19(21,13-15-7-4-3-5-8-15)18-10-6-9-16-14-20-12-11-17(16)18/h3-12,14,21H,2,13H2,1H3. The molecule has 1 N–H and O–H groups in total. The number of pyridine rings is 1. The van der Waals surface area contributed by atoms with Crippen LogP contribution in [0.15, 0.2) is 67.0 Å². The van der Waals surface area contributed by atoms with Crippen molar-refractivity contribution >= 4 is 10.8 Å². The van der Waals surface area contributed by atoms with Gasteiger partial charge in [0.25, 0.3) is 0 Å². The molecule has 2 nitrogen and oxygen atoms in total. The van der Waals surface area contributed by atoms with Crippen LogP contribution in [0.3, 0.4) is 0 Å². The largest absolute Gasteiger partial charge is 0.385 e. The number of fused-ring (bicyclic) bond motifs is 1. The molecule has 0 radical (unpaired) electrons. The molecule has 0 saturated heterocycles. The molecule has 21 heavy (non-hydrogen) atoms. The van der Waals surface area contributed by atoms with Crippen molar-refractivity contribution in [2.45, 2.75) is 25.4 Å². The fraction of sp³-hybridized carbons (Fsp3) is 0.211. The van der Waals surface area contributed by atoms with Crippen LogP contribution in [0.25, 0.3) is 10.8 Å². The van der Waals surface area contributed by atoms with Crippen molar-refractivity contribution in [2.75, 3.05) is 0 Å². The lowest BCUT2D eigenvalue weighted by Crippen LogP contribution is -2.28. The van der Waals surface area contributed by atoms with Crippen LogP contribution in [0.5, 0.6) is 0 Å². The van der Waals surface area contributed by atoms with E-state index < -0.39 is 5.60 Å². The van der Waals surface area contributed by atoms with Gasteiger partial charge >= 0.3 is 0 Å². The van der Waals surface area contributed by atoms with Gasteiger partial charge in [0.1, 0.15) is 0 Å².